The van der Waals surface area contributed by atoms with Crippen molar-refractivity contribution in [3.8, 4) is 0 Å². The molecule has 1 aliphatic heterocycles. The number of piperazine rings is 1. The van der Waals surface area contributed by atoms with E-state index in [1.165, 1.54) is 0 Å². The van der Waals surface area contributed by atoms with Gasteiger partial charge in [0.2, 0.25) is 0 Å². The molecule has 0 unspecified atom stereocenters. The van der Waals surface area contributed by atoms with Crippen molar-refractivity contribution in [2.45, 2.75) is 6.61 Å². The van der Waals surface area contributed by atoms with Gasteiger partial charge in [-0.1, -0.05) is 30.3 Å². The first-order valence-electron chi connectivity index (χ1n) is 5.69. The Morgan fingerprint density at radius 1 is 1.24 bits per heavy atom. The number of carbonyl (C=O) groups is 1. The largest absolute Gasteiger partial charge is 0.528 e. The first kappa shape index (κ1) is 11.9. The Kier molecular flexibility index (Phi) is 4.35. The number of hydroxylamine groups is 2. The second-order valence-corrected chi connectivity index (χ2v) is 3.79. The quantitative estimate of drug-likeness (QED) is 0.798. The van der Waals surface area contributed by atoms with Gasteiger partial charge in [-0.05, 0) is 5.56 Å². The molecule has 1 heterocycles. The Balaban J connectivity index is 1.70. The van der Waals surface area contributed by atoms with Gasteiger partial charge in [-0.25, -0.2) is 4.79 Å². The summed E-state index contributed by atoms with van der Waals surface area (Å²) in [6.45, 7) is 3.28. The predicted octanol–water partition coefficient (Wildman–Crippen LogP) is 1.16. The maximum absolute atomic E-state index is 11.4. The Morgan fingerprint density at radius 2 is 1.94 bits per heavy atom. The summed E-state index contributed by atoms with van der Waals surface area (Å²) in [7, 11) is 0. The van der Waals surface area contributed by atoms with E-state index in [-0.39, 0.29) is 6.61 Å². The van der Waals surface area contributed by atoms with E-state index in [4.69, 9.17) is 9.57 Å². The van der Waals surface area contributed by atoms with Gasteiger partial charge in [0.15, 0.2) is 0 Å². The zero-order valence-electron chi connectivity index (χ0n) is 9.59. The lowest BCUT2D eigenvalue weighted by atomic mass is 10.2. The highest BCUT2D eigenvalue weighted by molar-refractivity contribution is 5.59. The average Bonchev–Trinajstić information content (AvgIpc) is 2.39. The number of hydrogen-bond donors (Lipinski definition) is 1. The van der Waals surface area contributed by atoms with Crippen LogP contribution in [0.2, 0.25) is 0 Å². The van der Waals surface area contributed by atoms with E-state index in [0.29, 0.717) is 13.1 Å². The van der Waals surface area contributed by atoms with E-state index in [1.807, 2.05) is 30.3 Å². The lowest BCUT2D eigenvalue weighted by molar-refractivity contribution is -0.134. The highest BCUT2D eigenvalue weighted by Crippen LogP contribution is 2.03. The summed E-state index contributed by atoms with van der Waals surface area (Å²) in [5.74, 6) is 0. The van der Waals surface area contributed by atoms with Gasteiger partial charge >= 0.3 is 6.16 Å². The highest BCUT2D eigenvalue weighted by atomic mass is 16.8. The van der Waals surface area contributed by atoms with Crippen molar-refractivity contribution in [1.29, 1.82) is 0 Å². The van der Waals surface area contributed by atoms with Gasteiger partial charge in [0.25, 0.3) is 0 Å². The molecule has 0 spiro atoms. The molecule has 5 heteroatoms. The summed E-state index contributed by atoms with van der Waals surface area (Å²) in [6.07, 6.45) is -0.643. The van der Waals surface area contributed by atoms with Crippen molar-refractivity contribution in [1.82, 2.24) is 10.4 Å². The molecule has 0 aliphatic carbocycles. The predicted molar refractivity (Wildman–Crippen MR) is 62.2 cm³/mol. The molecule has 17 heavy (non-hydrogen) atoms. The number of nitrogens with one attached hydrogen (secondary N) is 1. The number of nitrogens with zero attached hydrogens (tertiary/aromatic N) is 1. The molecule has 0 aromatic heterocycles. The molecule has 1 fully saturated rings. The van der Waals surface area contributed by atoms with Crippen molar-refractivity contribution in [2.75, 3.05) is 26.2 Å². The molecule has 0 amide bonds. The number of benzene rings is 1. The van der Waals surface area contributed by atoms with Crippen LogP contribution in [0, 0.1) is 0 Å². The standard InChI is InChI=1S/C12H16N2O3/c15-12(17-14-8-6-13-7-9-14)16-10-11-4-2-1-3-5-11/h1-5,13H,6-10H2. The molecular weight excluding hydrogens is 220 g/mol. The molecule has 1 saturated heterocycles. The Morgan fingerprint density at radius 3 is 2.65 bits per heavy atom. The van der Waals surface area contributed by atoms with Crippen molar-refractivity contribution in [2.24, 2.45) is 0 Å². The summed E-state index contributed by atoms with van der Waals surface area (Å²) in [6, 6.07) is 9.53. The summed E-state index contributed by atoms with van der Waals surface area (Å²) < 4.78 is 5.01. The molecule has 1 aromatic rings. The molecule has 1 aromatic carbocycles. The Bertz CT molecular complexity index is 350. The van der Waals surface area contributed by atoms with Crippen LogP contribution in [0.15, 0.2) is 30.3 Å². The number of hydrogen-bond acceptors (Lipinski definition) is 5. The van der Waals surface area contributed by atoms with Crippen LogP contribution < -0.4 is 5.32 Å². The molecule has 0 saturated carbocycles. The van der Waals surface area contributed by atoms with Crippen molar-refractivity contribution < 1.29 is 14.4 Å². The van der Waals surface area contributed by atoms with Crippen LogP contribution in [0.25, 0.3) is 0 Å². The fourth-order valence-corrected chi connectivity index (χ4v) is 1.58. The minimum atomic E-state index is -0.643. The molecular formula is C12H16N2O3. The topological polar surface area (TPSA) is 50.8 Å². The molecule has 1 N–H and O–H groups in total. The van der Waals surface area contributed by atoms with Crippen molar-refractivity contribution in [3.63, 3.8) is 0 Å². The first-order chi connectivity index (χ1) is 8.34. The van der Waals surface area contributed by atoms with Gasteiger partial charge in [0.1, 0.15) is 6.61 Å². The second kappa shape index (κ2) is 6.22. The SMILES string of the molecule is O=C(OCc1ccccc1)ON1CCNCC1. The number of carbonyl (C=O) groups excluding carboxylic acids is 1. The lowest BCUT2D eigenvalue weighted by Gasteiger charge is -2.24. The number of ether oxygens (including phenoxy) is 1. The summed E-state index contributed by atoms with van der Waals surface area (Å²) in [4.78, 5) is 16.4. The van der Waals surface area contributed by atoms with Crippen LogP contribution >= 0.6 is 0 Å². The van der Waals surface area contributed by atoms with Crippen molar-refractivity contribution in [3.05, 3.63) is 35.9 Å². The third-order valence-corrected chi connectivity index (χ3v) is 2.48. The smallest absolute Gasteiger partial charge is 0.428 e. The minimum absolute atomic E-state index is 0.242. The molecule has 0 atom stereocenters. The van der Waals surface area contributed by atoms with E-state index in [9.17, 15) is 4.79 Å². The third-order valence-electron chi connectivity index (χ3n) is 2.48. The van der Waals surface area contributed by atoms with Crippen LogP contribution in [0.3, 0.4) is 0 Å². The van der Waals surface area contributed by atoms with Crippen LogP contribution in [0.1, 0.15) is 5.56 Å². The fraction of sp³-hybridized carbons (Fsp3) is 0.417. The Labute approximate surface area is 100 Å². The monoisotopic (exact) mass is 236 g/mol. The molecule has 2 rings (SSSR count). The van der Waals surface area contributed by atoms with Crippen molar-refractivity contribution >= 4 is 6.16 Å². The van der Waals surface area contributed by atoms with Crippen LogP contribution in [-0.2, 0) is 16.2 Å². The van der Waals surface area contributed by atoms with Gasteiger partial charge in [-0.15, -0.1) is 5.06 Å². The minimum Gasteiger partial charge on any atom is -0.428 e. The number of rotatable bonds is 3. The molecule has 92 valence electrons. The fourth-order valence-electron chi connectivity index (χ4n) is 1.58. The van der Waals surface area contributed by atoms with Gasteiger partial charge in [0.05, 0.1) is 0 Å². The first-order valence-corrected chi connectivity index (χ1v) is 5.69. The van der Waals surface area contributed by atoms with Gasteiger partial charge in [0, 0.05) is 26.2 Å². The van der Waals surface area contributed by atoms with Gasteiger partial charge in [-0.2, -0.15) is 0 Å². The van der Waals surface area contributed by atoms with E-state index < -0.39 is 6.16 Å². The molecule has 5 nitrogen and oxygen atoms in total. The third kappa shape index (κ3) is 4.05. The average molecular weight is 236 g/mol. The van der Waals surface area contributed by atoms with E-state index in [0.717, 1.165) is 18.7 Å². The van der Waals surface area contributed by atoms with Gasteiger partial charge < -0.3 is 14.9 Å². The molecule has 0 radical (unpaired) electrons. The zero-order valence-corrected chi connectivity index (χ0v) is 9.59. The van der Waals surface area contributed by atoms with Crippen LogP contribution in [-0.4, -0.2) is 37.4 Å². The summed E-state index contributed by atoms with van der Waals surface area (Å²) >= 11 is 0. The summed E-state index contributed by atoms with van der Waals surface area (Å²) in [5, 5.41) is 4.79. The lowest BCUT2D eigenvalue weighted by Crippen LogP contribution is -2.44. The normalized spacial score (nSPS) is 16.5. The highest BCUT2D eigenvalue weighted by Gasteiger charge is 2.15. The zero-order chi connectivity index (χ0) is 11.9. The van der Waals surface area contributed by atoms with E-state index in [1.54, 1.807) is 5.06 Å². The Hall–Kier alpha value is -1.59. The maximum atomic E-state index is 11.4. The van der Waals surface area contributed by atoms with E-state index in [2.05, 4.69) is 5.32 Å². The van der Waals surface area contributed by atoms with Gasteiger partial charge in [-0.3, -0.25) is 0 Å². The van der Waals surface area contributed by atoms with Crippen LogP contribution in [0.5, 0.6) is 0 Å². The molecule has 1 aliphatic rings. The van der Waals surface area contributed by atoms with Crippen LogP contribution in [0.4, 0.5) is 4.79 Å². The summed E-state index contributed by atoms with van der Waals surface area (Å²) in [5.41, 5.74) is 0.949. The van der Waals surface area contributed by atoms with E-state index >= 15 is 0 Å². The maximum Gasteiger partial charge on any atom is 0.528 e. The second-order valence-electron chi connectivity index (χ2n) is 3.79. The molecule has 0 bridgehead atoms.